The maximum absolute atomic E-state index is 6.21. The van der Waals surface area contributed by atoms with E-state index in [4.69, 9.17) is 4.42 Å². The average molecular weight is 347 g/mol. The van der Waals surface area contributed by atoms with Crippen LogP contribution in [-0.4, -0.2) is 44.7 Å². The van der Waals surface area contributed by atoms with Crippen molar-refractivity contribution in [1.82, 2.24) is 10.2 Å². The van der Waals surface area contributed by atoms with Gasteiger partial charge in [0.25, 0.3) is 0 Å². The molecule has 1 atom stereocenters. The van der Waals surface area contributed by atoms with E-state index in [0.717, 1.165) is 50.6 Å². The number of piperazine rings is 1. The van der Waals surface area contributed by atoms with Crippen LogP contribution in [0.15, 0.2) is 52.9 Å². The fraction of sp³-hybridized carbons (Fsp3) is 0.364. The highest BCUT2D eigenvalue weighted by Crippen LogP contribution is 2.37. The number of hydrogen-bond acceptors (Lipinski definition) is 4. The molecule has 3 heterocycles. The number of furan rings is 1. The molecule has 2 aromatic carbocycles. The van der Waals surface area contributed by atoms with Crippen molar-refractivity contribution < 1.29 is 4.42 Å². The lowest BCUT2D eigenvalue weighted by Crippen LogP contribution is -2.43. The van der Waals surface area contributed by atoms with Gasteiger partial charge in [-0.2, -0.15) is 0 Å². The van der Waals surface area contributed by atoms with Gasteiger partial charge >= 0.3 is 0 Å². The molecule has 0 spiro atoms. The van der Waals surface area contributed by atoms with Gasteiger partial charge < -0.3 is 19.5 Å². The summed E-state index contributed by atoms with van der Waals surface area (Å²) in [6.07, 6.45) is 0. The van der Waals surface area contributed by atoms with Crippen molar-refractivity contribution in [3.8, 4) is 0 Å². The van der Waals surface area contributed by atoms with Crippen LogP contribution < -0.4 is 10.2 Å². The molecule has 134 valence electrons. The third-order valence-electron chi connectivity index (χ3n) is 5.71. The monoisotopic (exact) mass is 347 g/mol. The van der Waals surface area contributed by atoms with E-state index in [1.165, 1.54) is 22.2 Å². The van der Waals surface area contributed by atoms with Crippen LogP contribution in [-0.2, 0) is 6.54 Å². The number of nitrogens with zero attached hydrogens (tertiary/aromatic N) is 2. The van der Waals surface area contributed by atoms with Crippen LogP contribution in [0.2, 0.25) is 0 Å². The van der Waals surface area contributed by atoms with Gasteiger partial charge in [0, 0.05) is 50.3 Å². The van der Waals surface area contributed by atoms with Gasteiger partial charge in [-0.25, -0.2) is 0 Å². The predicted molar refractivity (Wildman–Crippen MR) is 106 cm³/mol. The van der Waals surface area contributed by atoms with Crippen LogP contribution in [0.5, 0.6) is 0 Å². The topological polar surface area (TPSA) is 31.6 Å². The zero-order valence-electron chi connectivity index (χ0n) is 15.2. The van der Waals surface area contributed by atoms with Crippen LogP contribution in [0, 0.1) is 0 Å². The van der Waals surface area contributed by atoms with E-state index in [-0.39, 0.29) is 0 Å². The summed E-state index contributed by atoms with van der Waals surface area (Å²) in [6, 6.07) is 17.5. The SMILES string of the molecule is CN1Cc2cc(N3CCNCC3)ccc2C(c2cc3ccccc3o2)C1. The minimum absolute atomic E-state index is 0.299. The first-order valence-electron chi connectivity index (χ1n) is 9.53. The van der Waals surface area contributed by atoms with E-state index in [1.54, 1.807) is 0 Å². The Hall–Kier alpha value is -2.30. The van der Waals surface area contributed by atoms with Gasteiger partial charge in [-0.3, -0.25) is 0 Å². The second-order valence-electron chi connectivity index (χ2n) is 7.56. The molecule has 5 rings (SSSR count). The summed E-state index contributed by atoms with van der Waals surface area (Å²) in [5.41, 5.74) is 5.18. The quantitative estimate of drug-likeness (QED) is 0.770. The number of anilines is 1. The van der Waals surface area contributed by atoms with E-state index in [1.807, 2.05) is 6.07 Å². The van der Waals surface area contributed by atoms with Gasteiger partial charge in [-0.15, -0.1) is 0 Å². The number of likely N-dealkylation sites (N-methyl/N-ethyl adjacent to an activating group) is 1. The first-order valence-corrected chi connectivity index (χ1v) is 9.53. The maximum Gasteiger partial charge on any atom is 0.134 e. The molecule has 0 radical (unpaired) electrons. The van der Waals surface area contributed by atoms with Gasteiger partial charge in [-0.1, -0.05) is 24.3 Å². The Labute approximate surface area is 154 Å². The summed E-state index contributed by atoms with van der Waals surface area (Å²) in [5.74, 6) is 1.38. The number of benzene rings is 2. The smallest absolute Gasteiger partial charge is 0.134 e. The summed E-state index contributed by atoms with van der Waals surface area (Å²) >= 11 is 0. The predicted octanol–water partition coefficient (Wildman–Crippen LogP) is 3.42. The van der Waals surface area contributed by atoms with Crippen LogP contribution >= 0.6 is 0 Å². The summed E-state index contributed by atoms with van der Waals surface area (Å²) in [5, 5.41) is 4.62. The molecule has 2 aliphatic rings. The molecule has 4 nitrogen and oxygen atoms in total. The molecule has 26 heavy (non-hydrogen) atoms. The Morgan fingerprint density at radius 1 is 1.04 bits per heavy atom. The van der Waals surface area contributed by atoms with E-state index in [2.05, 4.69) is 64.6 Å². The van der Waals surface area contributed by atoms with E-state index in [9.17, 15) is 0 Å². The highest BCUT2D eigenvalue weighted by molar-refractivity contribution is 5.78. The lowest BCUT2D eigenvalue weighted by molar-refractivity contribution is 0.282. The lowest BCUT2D eigenvalue weighted by Gasteiger charge is -2.34. The summed E-state index contributed by atoms with van der Waals surface area (Å²) in [7, 11) is 2.20. The molecular formula is C22H25N3O. The first kappa shape index (κ1) is 15.9. The van der Waals surface area contributed by atoms with Gasteiger partial charge in [0.2, 0.25) is 0 Å². The van der Waals surface area contributed by atoms with Gasteiger partial charge in [0.15, 0.2) is 0 Å². The fourth-order valence-corrected chi connectivity index (χ4v) is 4.37. The molecule has 4 heteroatoms. The molecule has 0 aliphatic carbocycles. The molecule has 0 saturated carbocycles. The number of para-hydroxylation sites is 1. The Bertz CT molecular complexity index is 893. The van der Waals surface area contributed by atoms with Crippen molar-refractivity contribution in [1.29, 1.82) is 0 Å². The van der Waals surface area contributed by atoms with E-state index >= 15 is 0 Å². The third kappa shape index (κ3) is 2.79. The zero-order valence-corrected chi connectivity index (χ0v) is 15.2. The molecular weight excluding hydrogens is 322 g/mol. The number of hydrogen-bond donors (Lipinski definition) is 1. The Morgan fingerprint density at radius 3 is 2.73 bits per heavy atom. The largest absolute Gasteiger partial charge is 0.460 e. The summed E-state index contributed by atoms with van der Waals surface area (Å²) in [4.78, 5) is 4.89. The van der Waals surface area contributed by atoms with Crippen LogP contribution in [0.25, 0.3) is 11.0 Å². The Morgan fingerprint density at radius 2 is 1.88 bits per heavy atom. The molecule has 1 saturated heterocycles. The van der Waals surface area contributed by atoms with Gasteiger partial charge in [-0.05, 0) is 42.4 Å². The highest BCUT2D eigenvalue weighted by atomic mass is 16.3. The molecule has 1 fully saturated rings. The number of fused-ring (bicyclic) bond motifs is 2. The third-order valence-corrected chi connectivity index (χ3v) is 5.71. The highest BCUT2D eigenvalue weighted by Gasteiger charge is 2.28. The van der Waals surface area contributed by atoms with E-state index < -0.39 is 0 Å². The molecule has 2 aliphatic heterocycles. The minimum Gasteiger partial charge on any atom is -0.460 e. The van der Waals surface area contributed by atoms with Crippen molar-refractivity contribution in [2.75, 3.05) is 44.7 Å². The van der Waals surface area contributed by atoms with E-state index in [0.29, 0.717) is 5.92 Å². The molecule has 3 aromatic rings. The van der Waals surface area contributed by atoms with Crippen LogP contribution in [0.1, 0.15) is 22.8 Å². The Kier molecular flexibility index (Phi) is 3.95. The van der Waals surface area contributed by atoms with Gasteiger partial charge in [0.1, 0.15) is 11.3 Å². The molecule has 0 amide bonds. The van der Waals surface area contributed by atoms with Gasteiger partial charge in [0.05, 0.1) is 5.92 Å². The summed E-state index contributed by atoms with van der Waals surface area (Å²) < 4.78 is 6.21. The number of rotatable bonds is 2. The normalized spacial score (nSPS) is 21.1. The standard InChI is InChI=1S/C22H25N3O/c1-24-14-17-12-18(25-10-8-23-9-11-25)6-7-19(17)20(15-24)22-13-16-4-2-3-5-21(16)26-22/h2-7,12-13,20,23H,8-11,14-15H2,1H3. The molecule has 1 N–H and O–H groups in total. The second kappa shape index (κ2) is 6.45. The molecule has 1 aromatic heterocycles. The summed E-state index contributed by atoms with van der Waals surface area (Å²) in [6.45, 7) is 6.31. The Balaban J connectivity index is 1.53. The molecule has 0 bridgehead atoms. The van der Waals surface area contributed by atoms with Crippen molar-refractivity contribution in [2.45, 2.75) is 12.5 Å². The zero-order chi connectivity index (χ0) is 17.5. The van der Waals surface area contributed by atoms with Crippen LogP contribution in [0.4, 0.5) is 5.69 Å². The average Bonchev–Trinajstić information content (AvgIpc) is 3.11. The minimum atomic E-state index is 0.299. The van der Waals surface area contributed by atoms with Crippen molar-refractivity contribution in [3.63, 3.8) is 0 Å². The van der Waals surface area contributed by atoms with Crippen molar-refractivity contribution >= 4 is 16.7 Å². The lowest BCUT2D eigenvalue weighted by atomic mass is 9.87. The fourth-order valence-electron chi connectivity index (χ4n) is 4.37. The first-order chi connectivity index (χ1) is 12.8. The second-order valence-corrected chi connectivity index (χ2v) is 7.56. The maximum atomic E-state index is 6.21. The number of nitrogens with one attached hydrogen (secondary N) is 1. The van der Waals surface area contributed by atoms with Crippen molar-refractivity contribution in [2.24, 2.45) is 0 Å². The molecule has 1 unspecified atom stereocenters. The van der Waals surface area contributed by atoms with Crippen LogP contribution in [0.3, 0.4) is 0 Å². The van der Waals surface area contributed by atoms with Crippen molar-refractivity contribution in [3.05, 3.63) is 65.4 Å².